The third kappa shape index (κ3) is 5.79. The summed E-state index contributed by atoms with van der Waals surface area (Å²) in [4.78, 5) is 11.9. The molecule has 0 unspecified atom stereocenters. The Morgan fingerprint density at radius 1 is 1.35 bits per heavy atom. The maximum atomic E-state index is 11.9. The molecule has 0 aliphatic heterocycles. The van der Waals surface area contributed by atoms with Crippen molar-refractivity contribution in [2.24, 2.45) is 22.9 Å². The lowest BCUT2D eigenvalue weighted by molar-refractivity contribution is -0.131. The number of rotatable bonds is 6. The van der Waals surface area contributed by atoms with Gasteiger partial charge in [0.1, 0.15) is 6.61 Å². The van der Waals surface area contributed by atoms with Crippen LogP contribution in [-0.4, -0.2) is 24.8 Å². The summed E-state index contributed by atoms with van der Waals surface area (Å²) in [5.74, 6) is 1.62. The Morgan fingerprint density at radius 3 is 2.78 bits per heavy atom. The molecule has 0 bridgehead atoms. The van der Waals surface area contributed by atoms with E-state index in [1.807, 2.05) is 30.3 Å². The average molecular weight is 316 g/mol. The van der Waals surface area contributed by atoms with Gasteiger partial charge in [0.2, 0.25) is 0 Å². The van der Waals surface area contributed by atoms with Crippen LogP contribution < -0.4 is 5.43 Å². The number of carbonyl (C=O) groups is 1. The van der Waals surface area contributed by atoms with Crippen LogP contribution in [0.2, 0.25) is 0 Å². The normalized spacial score (nSPS) is 25.0. The second-order valence-electron chi connectivity index (χ2n) is 6.88. The maximum Gasteiger partial charge on any atom is 0.266 e. The van der Waals surface area contributed by atoms with E-state index < -0.39 is 0 Å². The summed E-state index contributed by atoms with van der Waals surface area (Å²) in [6, 6.07) is 9.68. The molecule has 1 amide bonds. The van der Waals surface area contributed by atoms with Crippen LogP contribution in [0.1, 0.15) is 45.6 Å². The Bertz CT molecular complexity index is 513. The van der Waals surface area contributed by atoms with Crippen LogP contribution in [0.4, 0.5) is 0 Å². The summed E-state index contributed by atoms with van der Waals surface area (Å²) in [6.07, 6.45) is 5.32. The largest absolute Gasteiger partial charge is 0.368 e. The number of hydrogen-bond acceptors (Lipinski definition) is 3. The highest BCUT2D eigenvalue weighted by molar-refractivity contribution is 5.82. The molecule has 4 nitrogen and oxygen atoms in total. The Labute approximate surface area is 139 Å². The molecule has 0 spiro atoms. The van der Waals surface area contributed by atoms with Crippen molar-refractivity contribution in [3.63, 3.8) is 0 Å². The Hall–Kier alpha value is -1.68. The predicted octanol–water partition coefficient (Wildman–Crippen LogP) is 3.61. The minimum atomic E-state index is -0.196. The number of ether oxygens (including phenoxy) is 1. The van der Waals surface area contributed by atoms with Crippen LogP contribution >= 0.6 is 0 Å². The lowest BCUT2D eigenvalue weighted by atomic mass is 9.75. The average Bonchev–Trinajstić information content (AvgIpc) is 2.53. The van der Waals surface area contributed by atoms with Gasteiger partial charge in [-0.05, 0) is 36.2 Å². The molecule has 1 aliphatic carbocycles. The van der Waals surface area contributed by atoms with E-state index in [1.165, 1.54) is 12.8 Å². The van der Waals surface area contributed by atoms with Crippen molar-refractivity contribution in [2.75, 3.05) is 6.61 Å². The van der Waals surface area contributed by atoms with E-state index in [2.05, 4.69) is 31.3 Å². The summed E-state index contributed by atoms with van der Waals surface area (Å²) in [7, 11) is 0. The second-order valence-corrected chi connectivity index (χ2v) is 6.88. The highest BCUT2D eigenvalue weighted by Crippen LogP contribution is 2.35. The zero-order valence-corrected chi connectivity index (χ0v) is 14.4. The fraction of sp³-hybridized carbons (Fsp3) is 0.579. The van der Waals surface area contributed by atoms with Gasteiger partial charge in [-0.1, -0.05) is 57.5 Å². The Balaban J connectivity index is 1.77. The van der Waals surface area contributed by atoms with E-state index in [9.17, 15) is 4.79 Å². The first-order chi connectivity index (χ1) is 11.1. The van der Waals surface area contributed by atoms with Gasteiger partial charge in [0.05, 0.1) is 12.3 Å². The fourth-order valence-corrected chi connectivity index (χ4v) is 3.24. The van der Waals surface area contributed by atoms with Crippen molar-refractivity contribution in [2.45, 2.75) is 46.1 Å². The summed E-state index contributed by atoms with van der Waals surface area (Å²) in [5.41, 5.74) is 3.48. The topological polar surface area (TPSA) is 50.7 Å². The molecule has 2 rings (SSSR count). The third-order valence-corrected chi connectivity index (χ3v) is 4.59. The van der Waals surface area contributed by atoms with Crippen LogP contribution in [0.3, 0.4) is 0 Å². The first kappa shape index (κ1) is 17.7. The Kier molecular flexibility index (Phi) is 6.78. The molecule has 1 aromatic carbocycles. The maximum absolute atomic E-state index is 11.9. The molecule has 0 radical (unpaired) electrons. The van der Waals surface area contributed by atoms with Crippen molar-refractivity contribution in [3.05, 3.63) is 35.9 Å². The molecular weight excluding hydrogens is 288 g/mol. The number of benzene rings is 1. The standard InChI is InChI=1S/C19H28N2O2/c1-14(2)17-10-9-15(3)11-18(17)23-13-19(22)21-20-12-16-7-5-4-6-8-16/h4-8,12,14-15,17-18H,9-11,13H2,1-3H3,(H,21,22)/t15-,17+,18+/m1/s1. The highest BCUT2D eigenvalue weighted by Gasteiger charge is 2.31. The molecule has 1 N–H and O–H groups in total. The number of amides is 1. The molecule has 1 fully saturated rings. The van der Waals surface area contributed by atoms with Crippen LogP contribution in [-0.2, 0) is 9.53 Å². The van der Waals surface area contributed by atoms with Crippen molar-refractivity contribution >= 4 is 12.1 Å². The summed E-state index contributed by atoms with van der Waals surface area (Å²) >= 11 is 0. The zero-order chi connectivity index (χ0) is 16.7. The predicted molar refractivity (Wildman–Crippen MR) is 93.3 cm³/mol. The molecule has 1 aliphatic rings. The third-order valence-electron chi connectivity index (χ3n) is 4.59. The Morgan fingerprint density at radius 2 is 2.09 bits per heavy atom. The number of hydrogen-bond donors (Lipinski definition) is 1. The van der Waals surface area contributed by atoms with Gasteiger partial charge in [-0.3, -0.25) is 4.79 Å². The molecule has 23 heavy (non-hydrogen) atoms. The van der Waals surface area contributed by atoms with Gasteiger partial charge in [-0.25, -0.2) is 5.43 Å². The molecule has 0 aromatic heterocycles. The number of nitrogens with zero attached hydrogens (tertiary/aromatic N) is 1. The van der Waals surface area contributed by atoms with E-state index in [0.717, 1.165) is 12.0 Å². The van der Waals surface area contributed by atoms with Crippen LogP contribution in [0.25, 0.3) is 0 Å². The molecule has 1 aromatic rings. The molecular formula is C19H28N2O2. The summed E-state index contributed by atoms with van der Waals surface area (Å²) in [6.45, 7) is 6.81. The number of hydrazone groups is 1. The van der Waals surface area contributed by atoms with E-state index in [-0.39, 0.29) is 18.6 Å². The number of nitrogens with one attached hydrogen (secondary N) is 1. The minimum absolute atomic E-state index is 0.0761. The van der Waals surface area contributed by atoms with Gasteiger partial charge < -0.3 is 4.74 Å². The van der Waals surface area contributed by atoms with Crippen LogP contribution in [0.5, 0.6) is 0 Å². The van der Waals surface area contributed by atoms with Gasteiger partial charge >= 0.3 is 0 Å². The van der Waals surface area contributed by atoms with Gasteiger partial charge in [0.25, 0.3) is 5.91 Å². The van der Waals surface area contributed by atoms with Crippen molar-refractivity contribution in [3.8, 4) is 0 Å². The summed E-state index contributed by atoms with van der Waals surface area (Å²) < 4.78 is 5.91. The molecule has 126 valence electrons. The van der Waals surface area contributed by atoms with E-state index in [0.29, 0.717) is 17.8 Å². The first-order valence-corrected chi connectivity index (χ1v) is 8.54. The number of carbonyl (C=O) groups excluding carboxylic acids is 1. The van der Waals surface area contributed by atoms with Crippen molar-refractivity contribution in [1.82, 2.24) is 5.43 Å². The van der Waals surface area contributed by atoms with Gasteiger partial charge in [-0.15, -0.1) is 0 Å². The lowest BCUT2D eigenvalue weighted by Gasteiger charge is -2.36. The second kappa shape index (κ2) is 8.82. The molecule has 4 heteroatoms. The monoisotopic (exact) mass is 316 g/mol. The SMILES string of the molecule is CC(C)[C@@H]1CC[C@@H](C)C[C@@H]1OCC(=O)NN=Cc1ccccc1. The lowest BCUT2D eigenvalue weighted by Crippen LogP contribution is -2.36. The quantitative estimate of drug-likeness (QED) is 0.644. The van der Waals surface area contributed by atoms with E-state index in [4.69, 9.17) is 4.74 Å². The minimum Gasteiger partial charge on any atom is -0.368 e. The fourth-order valence-electron chi connectivity index (χ4n) is 3.24. The van der Waals surface area contributed by atoms with Crippen molar-refractivity contribution < 1.29 is 9.53 Å². The first-order valence-electron chi connectivity index (χ1n) is 8.54. The van der Waals surface area contributed by atoms with E-state index in [1.54, 1.807) is 6.21 Å². The molecule has 0 heterocycles. The smallest absolute Gasteiger partial charge is 0.266 e. The molecule has 1 saturated carbocycles. The van der Waals surface area contributed by atoms with E-state index >= 15 is 0 Å². The molecule has 0 saturated heterocycles. The van der Waals surface area contributed by atoms with Crippen LogP contribution in [0, 0.1) is 17.8 Å². The van der Waals surface area contributed by atoms with Crippen LogP contribution in [0.15, 0.2) is 35.4 Å². The summed E-state index contributed by atoms with van der Waals surface area (Å²) in [5, 5.41) is 3.97. The highest BCUT2D eigenvalue weighted by atomic mass is 16.5. The molecule has 3 atom stereocenters. The van der Waals surface area contributed by atoms with Gasteiger partial charge in [0, 0.05) is 0 Å². The van der Waals surface area contributed by atoms with Gasteiger partial charge in [0.15, 0.2) is 0 Å². The zero-order valence-electron chi connectivity index (χ0n) is 14.4. The van der Waals surface area contributed by atoms with Crippen molar-refractivity contribution in [1.29, 1.82) is 0 Å². The van der Waals surface area contributed by atoms with Gasteiger partial charge in [-0.2, -0.15) is 5.10 Å².